The minimum Gasteiger partial charge on any atom is -0.354 e. The lowest BCUT2D eigenvalue weighted by atomic mass is 9.95. The molecule has 5 heteroatoms. The van der Waals surface area contributed by atoms with Gasteiger partial charge in [0, 0.05) is 17.8 Å². The predicted octanol–water partition coefficient (Wildman–Crippen LogP) is 1.28. The topological polar surface area (TPSA) is 64.9 Å². The molecule has 1 aliphatic rings. The molecule has 0 atom stereocenters. The van der Waals surface area contributed by atoms with Crippen LogP contribution in [-0.4, -0.2) is 36.5 Å². The van der Waals surface area contributed by atoms with Crippen LogP contribution in [-0.2, 0) is 4.79 Å². The number of carbonyl (C=O) groups excluding carboxylic acids is 1. The second-order valence-electron chi connectivity index (χ2n) is 4.35. The van der Waals surface area contributed by atoms with Crippen molar-refractivity contribution in [1.29, 1.82) is 5.26 Å². The standard InChI is InChI=1S/C12H21N3OS/c1-17-11-5-3-10(4-6-11)15-9-12(16)14-8-2-7-13/h10-11,15H,2-6,8-9H2,1H3,(H,14,16). The van der Waals surface area contributed by atoms with E-state index < -0.39 is 0 Å². The van der Waals surface area contributed by atoms with Gasteiger partial charge < -0.3 is 10.6 Å². The van der Waals surface area contributed by atoms with Crippen LogP contribution in [0, 0.1) is 11.3 Å². The summed E-state index contributed by atoms with van der Waals surface area (Å²) in [5.74, 6) is -0.00719. The number of amides is 1. The first-order valence-corrected chi connectivity index (χ1v) is 7.45. The summed E-state index contributed by atoms with van der Waals surface area (Å²) in [5, 5.41) is 15.1. The minimum atomic E-state index is -0.00719. The Bertz CT molecular complexity index is 269. The number of rotatable bonds is 6. The Labute approximate surface area is 108 Å². The molecule has 0 heterocycles. The molecule has 0 aromatic rings. The highest BCUT2D eigenvalue weighted by atomic mass is 32.2. The van der Waals surface area contributed by atoms with Crippen LogP contribution in [0.15, 0.2) is 0 Å². The highest BCUT2D eigenvalue weighted by Gasteiger charge is 2.20. The molecule has 0 spiro atoms. The number of hydrogen-bond donors (Lipinski definition) is 2. The number of nitrogens with one attached hydrogen (secondary N) is 2. The molecular formula is C12H21N3OS. The van der Waals surface area contributed by atoms with E-state index in [2.05, 4.69) is 16.9 Å². The monoisotopic (exact) mass is 255 g/mol. The van der Waals surface area contributed by atoms with Gasteiger partial charge in [0.25, 0.3) is 0 Å². The molecular weight excluding hydrogens is 234 g/mol. The lowest BCUT2D eigenvalue weighted by Gasteiger charge is -2.27. The summed E-state index contributed by atoms with van der Waals surface area (Å²) in [6.45, 7) is 0.830. The van der Waals surface area contributed by atoms with Gasteiger partial charge in [-0.25, -0.2) is 0 Å². The van der Waals surface area contributed by atoms with Crippen LogP contribution in [0.3, 0.4) is 0 Å². The summed E-state index contributed by atoms with van der Waals surface area (Å²) in [6, 6.07) is 2.49. The molecule has 0 aliphatic heterocycles. The normalized spacial score (nSPS) is 24.0. The third-order valence-electron chi connectivity index (χ3n) is 3.12. The number of thioether (sulfide) groups is 1. The van der Waals surface area contributed by atoms with Gasteiger partial charge in [-0.2, -0.15) is 17.0 Å². The van der Waals surface area contributed by atoms with E-state index in [1.807, 2.05) is 17.8 Å². The molecule has 96 valence electrons. The fraction of sp³-hybridized carbons (Fsp3) is 0.833. The summed E-state index contributed by atoms with van der Waals surface area (Å²) in [6.07, 6.45) is 7.36. The van der Waals surface area contributed by atoms with Crippen molar-refractivity contribution < 1.29 is 4.79 Å². The van der Waals surface area contributed by atoms with Gasteiger partial charge in [0.2, 0.25) is 5.91 Å². The average molecular weight is 255 g/mol. The van der Waals surface area contributed by atoms with E-state index in [-0.39, 0.29) is 5.91 Å². The van der Waals surface area contributed by atoms with E-state index >= 15 is 0 Å². The number of nitrogens with zero attached hydrogens (tertiary/aromatic N) is 1. The fourth-order valence-electron chi connectivity index (χ4n) is 2.06. The zero-order valence-electron chi connectivity index (χ0n) is 10.4. The molecule has 1 saturated carbocycles. The molecule has 0 saturated heterocycles. The van der Waals surface area contributed by atoms with Gasteiger partial charge >= 0.3 is 0 Å². The maximum Gasteiger partial charge on any atom is 0.233 e. The van der Waals surface area contributed by atoms with Crippen molar-refractivity contribution in [2.45, 2.75) is 43.4 Å². The fourth-order valence-corrected chi connectivity index (χ4v) is 2.80. The minimum absolute atomic E-state index is 0.00719. The summed E-state index contributed by atoms with van der Waals surface area (Å²) >= 11 is 1.95. The van der Waals surface area contributed by atoms with Crippen LogP contribution >= 0.6 is 11.8 Å². The number of hydrogen-bond acceptors (Lipinski definition) is 4. The molecule has 0 radical (unpaired) electrons. The van der Waals surface area contributed by atoms with Crippen LogP contribution in [0.25, 0.3) is 0 Å². The van der Waals surface area contributed by atoms with Crippen molar-refractivity contribution in [1.82, 2.24) is 10.6 Å². The Morgan fingerprint density at radius 2 is 2.12 bits per heavy atom. The Balaban J connectivity index is 2.07. The molecule has 17 heavy (non-hydrogen) atoms. The van der Waals surface area contributed by atoms with Gasteiger partial charge in [0.1, 0.15) is 0 Å². The van der Waals surface area contributed by atoms with Crippen LogP contribution in [0.5, 0.6) is 0 Å². The Kier molecular flexibility index (Phi) is 7.06. The first-order valence-electron chi connectivity index (χ1n) is 6.16. The first kappa shape index (κ1) is 14.3. The second kappa shape index (κ2) is 8.37. The molecule has 1 aliphatic carbocycles. The summed E-state index contributed by atoms with van der Waals surface area (Å²) in [4.78, 5) is 11.4. The third-order valence-corrected chi connectivity index (χ3v) is 4.26. The molecule has 0 bridgehead atoms. The Morgan fingerprint density at radius 1 is 1.41 bits per heavy atom. The van der Waals surface area contributed by atoms with Crippen molar-refractivity contribution in [3.05, 3.63) is 0 Å². The van der Waals surface area contributed by atoms with E-state index in [1.54, 1.807) is 0 Å². The molecule has 1 fully saturated rings. The van der Waals surface area contributed by atoms with Crippen molar-refractivity contribution in [2.75, 3.05) is 19.3 Å². The zero-order valence-corrected chi connectivity index (χ0v) is 11.2. The molecule has 2 N–H and O–H groups in total. The third kappa shape index (κ3) is 5.94. The van der Waals surface area contributed by atoms with E-state index in [1.165, 1.54) is 12.8 Å². The first-order chi connectivity index (χ1) is 8.26. The zero-order chi connectivity index (χ0) is 12.5. The van der Waals surface area contributed by atoms with E-state index in [4.69, 9.17) is 5.26 Å². The van der Waals surface area contributed by atoms with Gasteiger partial charge in [-0.1, -0.05) is 0 Å². The molecule has 0 aromatic heterocycles. The van der Waals surface area contributed by atoms with Gasteiger partial charge in [-0.15, -0.1) is 0 Å². The molecule has 0 unspecified atom stereocenters. The highest BCUT2D eigenvalue weighted by molar-refractivity contribution is 7.99. The highest BCUT2D eigenvalue weighted by Crippen LogP contribution is 2.26. The van der Waals surface area contributed by atoms with Crippen LogP contribution < -0.4 is 10.6 Å². The van der Waals surface area contributed by atoms with Crippen LogP contribution in [0.1, 0.15) is 32.1 Å². The molecule has 1 amide bonds. The lowest BCUT2D eigenvalue weighted by Crippen LogP contribution is -2.41. The van der Waals surface area contributed by atoms with E-state index in [0.29, 0.717) is 25.6 Å². The maximum atomic E-state index is 11.4. The largest absolute Gasteiger partial charge is 0.354 e. The lowest BCUT2D eigenvalue weighted by molar-refractivity contribution is -0.120. The summed E-state index contributed by atoms with van der Waals surface area (Å²) < 4.78 is 0. The Morgan fingerprint density at radius 3 is 2.71 bits per heavy atom. The van der Waals surface area contributed by atoms with Gasteiger partial charge in [0.05, 0.1) is 19.0 Å². The van der Waals surface area contributed by atoms with Crippen LogP contribution in [0.2, 0.25) is 0 Å². The SMILES string of the molecule is CSC1CCC(NCC(=O)NCCC#N)CC1. The maximum absolute atomic E-state index is 11.4. The number of nitriles is 1. The quantitative estimate of drug-likeness (QED) is 0.702. The van der Waals surface area contributed by atoms with Crippen molar-refractivity contribution in [2.24, 2.45) is 0 Å². The van der Waals surface area contributed by atoms with Gasteiger partial charge in [0.15, 0.2) is 0 Å². The predicted molar refractivity (Wildman–Crippen MR) is 70.8 cm³/mol. The van der Waals surface area contributed by atoms with Crippen molar-refractivity contribution in [3.8, 4) is 6.07 Å². The number of carbonyl (C=O) groups is 1. The summed E-state index contributed by atoms with van der Waals surface area (Å²) in [7, 11) is 0. The van der Waals surface area contributed by atoms with Gasteiger partial charge in [-0.05, 0) is 31.9 Å². The van der Waals surface area contributed by atoms with Crippen molar-refractivity contribution >= 4 is 17.7 Å². The van der Waals surface area contributed by atoms with Gasteiger partial charge in [-0.3, -0.25) is 4.79 Å². The molecule has 0 aromatic carbocycles. The van der Waals surface area contributed by atoms with E-state index in [9.17, 15) is 4.79 Å². The summed E-state index contributed by atoms with van der Waals surface area (Å²) in [5.41, 5.74) is 0. The van der Waals surface area contributed by atoms with E-state index in [0.717, 1.165) is 18.1 Å². The Hall–Kier alpha value is -0.730. The average Bonchev–Trinajstić information content (AvgIpc) is 2.37. The smallest absolute Gasteiger partial charge is 0.233 e. The molecule has 1 rings (SSSR count). The second-order valence-corrected chi connectivity index (χ2v) is 5.49. The van der Waals surface area contributed by atoms with Crippen molar-refractivity contribution in [3.63, 3.8) is 0 Å². The van der Waals surface area contributed by atoms with Crippen LogP contribution in [0.4, 0.5) is 0 Å². The molecule has 4 nitrogen and oxygen atoms in total.